The molecule has 0 unspecified atom stereocenters. The number of benzene rings is 8. The number of hydrogen-bond acceptors (Lipinski definition) is 1. The van der Waals surface area contributed by atoms with Crippen LogP contribution >= 0.6 is 0 Å². The Bertz CT molecular complexity index is 2820. The Kier molecular flexibility index (Phi) is 4.55. The lowest BCUT2D eigenvalue weighted by atomic mass is 9.72. The van der Waals surface area contributed by atoms with Crippen molar-refractivity contribution in [2.45, 2.75) is 38.5 Å². The standard InChI is InChI=1S/C46H32O/c1-45(2)34-14-7-5-12-31(34)41-43(45)42-39(40-33-13-6-8-15-36(33)47-44(40)41)32-23-20-28(24-35(32)46(42,3)4)29-21-18-27-17-16-25-10-9-11-26-19-22-30(29)38(27)37(25)26/h5-24H,1-4H3. The minimum atomic E-state index is -0.208. The second-order valence-electron chi connectivity index (χ2n) is 14.8. The van der Waals surface area contributed by atoms with E-state index in [9.17, 15) is 0 Å². The largest absolute Gasteiger partial charge is 0.455 e. The van der Waals surface area contributed by atoms with E-state index in [4.69, 9.17) is 4.42 Å². The highest BCUT2D eigenvalue weighted by Crippen LogP contribution is 2.63. The highest BCUT2D eigenvalue weighted by molar-refractivity contribution is 6.26. The SMILES string of the molecule is CC1(C)c2ccccc2-c2c1c1c(c3c2oc2ccccc23)-c2ccc(-c3ccc4ccc5cccc6ccc3c4c56)cc2C1(C)C. The lowest BCUT2D eigenvalue weighted by molar-refractivity contribution is 0.600. The van der Waals surface area contributed by atoms with Crippen molar-refractivity contribution in [2.75, 3.05) is 0 Å². The zero-order chi connectivity index (χ0) is 31.4. The van der Waals surface area contributed by atoms with Gasteiger partial charge in [-0.1, -0.05) is 137 Å². The lowest BCUT2D eigenvalue weighted by Crippen LogP contribution is -2.24. The third-order valence-corrected chi connectivity index (χ3v) is 11.7. The Morgan fingerprint density at radius 2 is 1.09 bits per heavy atom. The van der Waals surface area contributed by atoms with Gasteiger partial charge >= 0.3 is 0 Å². The molecule has 47 heavy (non-hydrogen) atoms. The van der Waals surface area contributed by atoms with E-state index >= 15 is 0 Å². The second kappa shape index (κ2) is 8.30. The molecule has 0 fully saturated rings. The van der Waals surface area contributed by atoms with Crippen LogP contribution in [-0.2, 0) is 10.8 Å². The summed E-state index contributed by atoms with van der Waals surface area (Å²) in [6.07, 6.45) is 0. The van der Waals surface area contributed by atoms with Crippen molar-refractivity contribution in [3.8, 4) is 33.4 Å². The van der Waals surface area contributed by atoms with Gasteiger partial charge in [-0.3, -0.25) is 0 Å². The van der Waals surface area contributed by atoms with Gasteiger partial charge in [-0.05, 0) is 94.5 Å². The Balaban J connectivity index is 1.24. The maximum absolute atomic E-state index is 6.85. The van der Waals surface area contributed by atoms with Crippen molar-refractivity contribution in [1.29, 1.82) is 0 Å². The lowest BCUT2D eigenvalue weighted by Gasteiger charge is -2.31. The molecule has 0 amide bonds. The van der Waals surface area contributed by atoms with Gasteiger partial charge in [0.25, 0.3) is 0 Å². The van der Waals surface area contributed by atoms with Crippen molar-refractivity contribution in [3.63, 3.8) is 0 Å². The molecule has 1 heterocycles. The van der Waals surface area contributed by atoms with E-state index in [1.54, 1.807) is 0 Å². The highest BCUT2D eigenvalue weighted by atomic mass is 16.3. The molecule has 0 atom stereocenters. The summed E-state index contributed by atoms with van der Waals surface area (Å²) in [5.74, 6) is 0. The first-order valence-corrected chi connectivity index (χ1v) is 16.8. The summed E-state index contributed by atoms with van der Waals surface area (Å²) in [5.41, 5.74) is 15.1. The molecule has 1 heteroatoms. The topological polar surface area (TPSA) is 13.1 Å². The molecule has 2 aliphatic carbocycles. The van der Waals surface area contributed by atoms with Gasteiger partial charge in [0.05, 0.1) is 0 Å². The fourth-order valence-corrected chi connectivity index (χ4v) is 9.68. The van der Waals surface area contributed by atoms with Crippen LogP contribution in [0.3, 0.4) is 0 Å². The third-order valence-electron chi connectivity index (χ3n) is 11.7. The number of rotatable bonds is 1. The fourth-order valence-electron chi connectivity index (χ4n) is 9.68. The molecule has 0 aliphatic heterocycles. The Morgan fingerprint density at radius 3 is 1.94 bits per heavy atom. The number of fused-ring (bicyclic) bond motifs is 12. The van der Waals surface area contributed by atoms with Gasteiger partial charge in [-0.2, -0.15) is 0 Å². The summed E-state index contributed by atoms with van der Waals surface area (Å²) in [7, 11) is 0. The van der Waals surface area contributed by atoms with Crippen LogP contribution in [0.15, 0.2) is 126 Å². The first-order valence-electron chi connectivity index (χ1n) is 16.8. The predicted octanol–water partition coefficient (Wildman–Crippen LogP) is 12.8. The molecule has 11 rings (SSSR count). The Labute approximate surface area is 273 Å². The van der Waals surface area contributed by atoms with Crippen LogP contribution in [0.2, 0.25) is 0 Å². The molecule has 0 spiro atoms. The summed E-state index contributed by atoms with van der Waals surface area (Å²) >= 11 is 0. The highest BCUT2D eigenvalue weighted by Gasteiger charge is 2.48. The smallest absolute Gasteiger partial charge is 0.144 e. The maximum atomic E-state index is 6.85. The van der Waals surface area contributed by atoms with Crippen molar-refractivity contribution in [1.82, 2.24) is 0 Å². The fraction of sp³-hybridized carbons (Fsp3) is 0.130. The molecule has 2 aliphatic rings. The molecular formula is C46H32O. The molecule has 8 aromatic carbocycles. The molecular weight excluding hydrogens is 569 g/mol. The zero-order valence-corrected chi connectivity index (χ0v) is 27.0. The average Bonchev–Trinajstić information content (AvgIpc) is 3.67. The molecule has 1 aromatic heterocycles. The molecule has 0 saturated carbocycles. The van der Waals surface area contributed by atoms with Crippen LogP contribution in [0.1, 0.15) is 49.9 Å². The van der Waals surface area contributed by atoms with E-state index in [-0.39, 0.29) is 10.8 Å². The molecule has 0 saturated heterocycles. The first kappa shape index (κ1) is 25.8. The minimum absolute atomic E-state index is 0.155. The van der Waals surface area contributed by atoms with E-state index in [1.807, 2.05) is 0 Å². The monoisotopic (exact) mass is 600 g/mol. The molecule has 1 nitrogen and oxygen atoms in total. The molecule has 9 aromatic rings. The van der Waals surface area contributed by atoms with Crippen molar-refractivity contribution < 1.29 is 4.42 Å². The second-order valence-corrected chi connectivity index (χ2v) is 14.8. The summed E-state index contributed by atoms with van der Waals surface area (Å²) in [5, 5.41) is 10.4. The molecule has 0 bridgehead atoms. The van der Waals surface area contributed by atoms with E-state index < -0.39 is 0 Å². The van der Waals surface area contributed by atoms with Crippen LogP contribution in [0, 0.1) is 0 Å². The van der Waals surface area contributed by atoms with Crippen LogP contribution in [0.4, 0.5) is 0 Å². The quantitative estimate of drug-likeness (QED) is 0.171. The summed E-state index contributed by atoms with van der Waals surface area (Å²) in [4.78, 5) is 0. The summed E-state index contributed by atoms with van der Waals surface area (Å²) < 4.78 is 6.85. The van der Waals surface area contributed by atoms with Gasteiger partial charge in [0.15, 0.2) is 0 Å². The predicted molar refractivity (Wildman–Crippen MR) is 198 cm³/mol. The molecule has 0 N–H and O–H groups in total. The van der Waals surface area contributed by atoms with Gasteiger partial charge in [0, 0.05) is 27.2 Å². The van der Waals surface area contributed by atoms with Crippen LogP contribution in [0.5, 0.6) is 0 Å². The normalized spacial score (nSPS) is 15.6. The van der Waals surface area contributed by atoms with E-state index in [0.29, 0.717) is 0 Å². The van der Waals surface area contributed by atoms with Gasteiger partial charge in [-0.15, -0.1) is 0 Å². The maximum Gasteiger partial charge on any atom is 0.144 e. The third kappa shape index (κ3) is 2.97. The van der Waals surface area contributed by atoms with E-state index in [0.717, 1.165) is 11.2 Å². The van der Waals surface area contributed by atoms with Gasteiger partial charge in [0.2, 0.25) is 0 Å². The first-order chi connectivity index (χ1) is 22.8. The molecule has 222 valence electrons. The van der Waals surface area contributed by atoms with Crippen LogP contribution in [-0.4, -0.2) is 0 Å². The van der Waals surface area contributed by atoms with Crippen LogP contribution < -0.4 is 0 Å². The Hall–Kier alpha value is -5.40. The number of hydrogen-bond donors (Lipinski definition) is 0. The summed E-state index contributed by atoms with van der Waals surface area (Å²) in [6, 6.07) is 45.3. The number of furan rings is 1. The average molecular weight is 601 g/mol. The number of para-hydroxylation sites is 1. The van der Waals surface area contributed by atoms with Crippen molar-refractivity contribution in [3.05, 3.63) is 144 Å². The Morgan fingerprint density at radius 1 is 0.447 bits per heavy atom. The zero-order valence-electron chi connectivity index (χ0n) is 27.0. The van der Waals surface area contributed by atoms with Crippen molar-refractivity contribution in [2.24, 2.45) is 0 Å². The molecule has 0 radical (unpaired) electrons. The van der Waals surface area contributed by atoms with E-state index in [2.05, 4.69) is 149 Å². The van der Waals surface area contributed by atoms with Gasteiger partial charge in [0.1, 0.15) is 11.2 Å². The van der Waals surface area contributed by atoms with E-state index in [1.165, 1.54) is 98.7 Å². The van der Waals surface area contributed by atoms with Gasteiger partial charge in [-0.25, -0.2) is 0 Å². The van der Waals surface area contributed by atoms with Crippen molar-refractivity contribution >= 4 is 54.3 Å². The minimum Gasteiger partial charge on any atom is -0.455 e. The van der Waals surface area contributed by atoms with Crippen LogP contribution in [0.25, 0.3) is 87.6 Å². The van der Waals surface area contributed by atoms with Gasteiger partial charge < -0.3 is 4.42 Å². The summed E-state index contributed by atoms with van der Waals surface area (Å²) in [6.45, 7) is 9.70.